The molecule has 6 nitrogen and oxygen atoms in total. The third-order valence-corrected chi connectivity index (χ3v) is 3.13. The van der Waals surface area contributed by atoms with E-state index in [9.17, 15) is 4.79 Å². The number of carbonyl (C=O) groups excluding carboxylic acids is 1. The van der Waals surface area contributed by atoms with Gasteiger partial charge in [-0.2, -0.15) is 0 Å². The fourth-order valence-electron chi connectivity index (χ4n) is 1.88. The van der Waals surface area contributed by atoms with Crippen LogP contribution in [-0.2, 0) is 4.79 Å². The fourth-order valence-corrected chi connectivity index (χ4v) is 1.88. The van der Waals surface area contributed by atoms with Crippen molar-refractivity contribution in [1.82, 2.24) is 15.3 Å². The Hall–Kier alpha value is -1.85. The van der Waals surface area contributed by atoms with Crippen molar-refractivity contribution in [2.24, 2.45) is 0 Å². The Morgan fingerprint density at radius 2 is 2.25 bits per heavy atom. The Bertz CT molecular complexity index is 460. The van der Waals surface area contributed by atoms with Crippen LogP contribution in [0.15, 0.2) is 6.33 Å². The molecule has 0 spiro atoms. The summed E-state index contributed by atoms with van der Waals surface area (Å²) in [6.45, 7) is 5.14. The van der Waals surface area contributed by atoms with Gasteiger partial charge in [-0.25, -0.2) is 9.97 Å². The van der Waals surface area contributed by atoms with E-state index in [2.05, 4.69) is 20.6 Å². The zero-order valence-electron chi connectivity index (χ0n) is 12.1. The van der Waals surface area contributed by atoms with Crippen LogP contribution in [-0.4, -0.2) is 35.1 Å². The summed E-state index contributed by atoms with van der Waals surface area (Å²) in [6, 6.07) is 0.438. The molecule has 0 aliphatic heterocycles. The van der Waals surface area contributed by atoms with Crippen molar-refractivity contribution in [3.05, 3.63) is 11.9 Å². The van der Waals surface area contributed by atoms with Crippen molar-refractivity contribution in [1.29, 1.82) is 0 Å². The van der Waals surface area contributed by atoms with E-state index in [1.807, 2.05) is 13.8 Å². The number of anilines is 1. The molecule has 1 heterocycles. The maximum absolute atomic E-state index is 11.5. The summed E-state index contributed by atoms with van der Waals surface area (Å²) in [5.41, 5.74) is 0.900. The monoisotopic (exact) mass is 278 g/mol. The van der Waals surface area contributed by atoms with Gasteiger partial charge in [-0.1, -0.05) is 0 Å². The fraction of sp³-hybridized carbons (Fsp3) is 0.643. The summed E-state index contributed by atoms with van der Waals surface area (Å²) in [5, 5.41) is 6.20. The molecular formula is C14H22N4O2. The lowest BCUT2D eigenvalue weighted by atomic mass is 10.2. The van der Waals surface area contributed by atoms with E-state index in [4.69, 9.17) is 4.74 Å². The zero-order chi connectivity index (χ0) is 14.4. The highest BCUT2D eigenvalue weighted by Gasteiger charge is 2.22. The van der Waals surface area contributed by atoms with Gasteiger partial charge in [0.2, 0.25) is 11.8 Å². The quantitative estimate of drug-likeness (QED) is 0.707. The van der Waals surface area contributed by atoms with E-state index >= 15 is 0 Å². The van der Waals surface area contributed by atoms with Crippen molar-refractivity contribution in [3.63, 3.8) is 0 Å². The van der Waals surface area contributed by atoms with E-state index in [1.54, 1.807) is 0 Å². The molecular weight excluding hydrogens is 256 g/mol. The highest BCUT2D eigenvalue weighted by molar-refractivity contribution is 5.76. The highest BCUT2D eigenvalue weighted by atomic mass is 16.5. The first-order chi connectivity index (χ1) is 9.70. The first kappa shape index (κ1) is 14.6. The lowest BCUT2D eigenvalue weighted by Gasteiger charge is -2.11. The minimum atomic E-state index is 0.142. The largest absolute Gasteiger partial charge is 0.478 e. The molecule has 1 aliphatic carbocycles. The van der Waals surface area contributed by atoms with Gasteiger partial charge in [0.15, 0.2) is 0 Å². The summed E-state index contributed by atoms with van der Waals surface area (Å²) in [4.78, 5) is 19.8. The smallest absolute Gasteiger partial charge is 0.221 e. The second kappa shape index (κ2) is 7.07. The Labute approximate surface area is 119 Å². The van der Waals surface area contributed by atoms with E-state index in [0.29, 0.717) is 31.5 Å². The lowest BCUT2D eigenvalue weighted by molar-refractivity contribution is -0.121. The number of amides is 1. The Morgan fingerprint density at radius 1 is 1.45 bits per heavy atom. The zero-order valence-corrected chi connectivity index (χ0v) is 12.1. The van der Waals surface area contributed by atoms with Gasteiger partial charge in [0.05, 0.1) is 12.2 Å². The molecule has 1 amide bonds. The van der Waals surface area contributed by atoms with Crippen LogP contribution in [0.4, 0.5) is 5.82 Å². The normalized spacial score (nSPS) is 13.9. The summed E-state index contributed by atoms with van der Waals surface area (Å²) < 4.78 is 5.42. The van der Waals surface area contributed by atoms with Crippen molar-refractivity contribution < 1.29 is 9.53 Å². The first-order valence-electron chi connectivity index (χ1n) is 7.18. The maximum atomic E-state index is 11.5. The molecule has 2 rings (SSSR count). The first-order valence-corrected chi connectivity index (χ1v) is 7.18. The minimum absolute atomic E-state index is 0.142. The predicted molar refractivity (Wildman–Crippen MR) is 76.8 cm³/mol. The van der Waals surface area contributed by atoms with Crippen molar-refractivity contribution >= 4 is 11.7 Å². The average Bonchev–Trinajstić information content (AvgIpc) is 3.23. The number of aromatic nitrogens is 2. The third-order valence-electron chi connectivity index (χ3n) is 3.13. The molecule has 0 atom stereocenters. The van der Waals surface area contributed by atoms with Gasteiger partial charge in [-0.15, -0.1) is 0 Å². The van der Waals surface area contributed by atoms with E-state index in [-0.39, 0.29) is 5.91 Å². The van der Waals surface area contributed by atoms with Gasteiger partial charge in [0.1, 0.15) is 12.1 Å². The standard InChI is InChI=1S/C14H22N4O2/c1-3-20-14-10(2)13(16-9-17-14)15-8-4-5-12(19)18-11-6-7-11/h9,11H,3-8H2,1-2H3,(H,18,19)(H,15,16,17). The molecule has 0 radical (unpaired) electrons. The van der Waals surface area contributed by atoms with Gasteiger partial charge in [-0.05, 0) is 33.1 Å². The molecule has 6 heteroatoms. The van der Waals surface area contributed by atoms with Crippen LogP contribution >= 0.6 is 0 Å². The van der Waals surface area contributed by atoms with Crippen LogP contribution in [0.1, 0.15) is 38.2 Å². The summed E-state index contributed by atoms with van der Waals surface area (Å²) in [7, 11) is 0. The third kappa shape index (κ3) is 4.36. The summed E-state index contributed by atoms with van der Waals surface area (Å²) in [5.74, 6) is 1.52. The van der Waals surface area contributed by atoms with Gasteiger partial charge in [0, 0.05) is 19.0 Å². The maximum Gasteiger partial charge on any atom is 0.221 e. The van der Waals surface area contributed by atoms with Gasteiger partial charge in [0.25, 0.3) is 0 Å². The lowest BCUT2D eigenvalue weighted by Crippen LogP contribution is -2.25. The van der Waals surface area contributed by atoms with Crippen LogP contribution in [0, 0.1) is 6.92 Å². The van der Waals surface area contributed by atoms with E-state index < -0.39 is 0 Å². The highest BCUT2D eigenvalue weighted by Crippen LogP contribution is 2.20. The number of nitrogens with one attached hydrogen (secondary N) is 2. The molecule has 1 saturated carbocycles. The molecule has 0 bridgehead atoms. The molecule has 20 heavy (non-hydrogen) atoms. The molecule has 1 aromatic heterocycles. The van der Waals surface area contributed by atoms with Crippen molar-refractivity contribution in [2.45, 2.75) is 45.6 Å². The molecule has 0 aromatic carbocycles. The summed E-state index contributed by atoms with van der Waals surface area (Å²) in [6.07, 6.45) is 5.08. The van der Waals surface area contributed by atoms with Crippen LogP contribution in [0.2, 0.25) is 0 Å². The topological polar surface area (TPSA) is 76.1 Å². The Kier molecular flexibility index (Phi) is 5.15. The Morgan fingerprint density at radius 3 is 2.95 bits per heavy atom. The average molecular weight is 278 g/mol. The second-order valence-corrected chi connectivity index (χ2v) is 4.96. The van der Waals surface area contributed by atoms with Gasteiger partial charge < -0.3 is 15.4 Å². The molecule has 2 N–H and O–H groups in total. The van der Waals surface area contributed by atoms with E-state index in [1.165, 1.54) is 6.33 Å². The van der Waals surface area contributed by atoms with Gasteiger partial charge in [-0.3, -0.25) is 4.79 Å². The number of hydrogen-bond acceptors (Lipinski definition) is 5. The SMILES string of the molecule is CCOc1ncnc(NCCCC(=O)NC2CC2)c1C. The molecule has 0 unspecified atom stereocenters. The van der Waals surface area contributed by atoms with Crippen molar-refractivity contribution in [2.75, 3.05) is 18.5 Å². The second-order valence-electron chi connectivity index (χ2n) is 4.96. The number of carbonyl (C=O) groups is 1. The molecule has 1 fully saturated rings. The molecule has 1 aromatic rings. The Balaban J connectivity index is 1.72. The predicted octanol–water partition coefficient (Wildman–Crippen LogP) is 1.65. The van der Waals surface area contributed by atoms with Crippen molar-refractivity contribution in [3.8, 4) is 5.88 Å². The number of ether oxygens (including phenoxy) is 1. The van der Waals surface area contributed by atoms with Crippen LogP contribution in [0.25, 0.3) is 0 Å². The van der Waals surface area contributed by atoms with Gasteiger partial charge >= 0.3 is 0 Å². The molecule has 1 aliphatic rings. The van der Waals surface area contributed by atoms with E-state index in [0.717, 1.165) is 30.6 Å². The minimum Gasteiger partial charge on any atom is -0.478 e. The summed E-state index contributed by atoms with van der Waals surface area (Å²) >= 11 is 0. The number of rotatable bonds is 8. The van der Waals surface area contributed by atoms with Crippen LogP contribution in [0.5, 0.6) is 5.88 Å². The van der Waals surface area contributed by atoms with Crippen LogP contribution < -0.4 is 15.4 Å². The molecule has 0 saturated heterocycles. The number of hydrogen-bond donors (Lipinski definition) is 2. The van der Waals surface area contributed by atoms with Crippen LogP contribution in [0.3, 0.4) is 0 Å². The number of nitrogens with zero attached hydrogens (tertiary/aromatic N) is 2. The molecule has 110 valence electrons.